The number of fused-ring (bicyclic) bond motifs is 2. The second kappa shape index (κ2) is 1.39. The lowest BCUT2D eigenvalue weighted by Crippen LogP contribution is -2.16. The fraction of sp³-hybridized carbons (Fsp3) is 1.00. The first kappa shape index (κ1) is 6.47. The number of hydrogen-bond donors (Lipinski definition) is 0. The van der Waals surface area contributed by atoms with E-state index in [1.807, 2.05) is 0 Å². The lowest BCUT2D eigenvalue weighted by Gasteiger charge is -2.09. The molecule has 0 aromatic heterocycles. The third-order valence-electron chi connectivity index (χ3n) is 4.42. The van der Waals surface area contributed by atoms with Crippen molar-refractivity contribution in [2.75, 3.05) is 0 Å². The van der Waals surface area contributed by atoms with E-state index in [9.17, 15) is 0 Å². The topological polar surface area (TPSA) is 12.5 Å². The van der Waals surface area contributed by atoms with Crippen molar-refractivity contribution < 1.29 is 4.74 Å². The van der Waals surface area contributed by atoms with Crippen LogP contribution in [0, 0.1) is 17.3 Å². The highest BCUT2D eigenvalue weighted by molar-refractivity contribution is 5.18. The van der Waals surface area contributed by atoms with Gasteiger partial charge in [0.15, 0.2) is 0 Å². The molecule has 0 aromatic rings. The molecule has 11 heavy (non-hydrogen) atoms. The van der Waals surface area contributed by atoms with Gasteiger partial charge in [0.1, 0.15) is 0 Å². The van der Waals surface area contributed by atoms with Gasteiger partial charge in [-0.15, -0.1) is 0 Å². The SMILES string of the molecule is CC1(C)[C@@H]2C[C@]3(C)OC3C[C@@H]21. The van der Waals surface area contributed by atoms with E-state index in [-0.39, 0.29) is 0 Å². The molecule has 0 aromatic carbocycles. The Hall–Kier alpha value is -0.0400. The van der Waals surface area contributed by atoms with Crippen LogP contribution in [0.4, 0.5) is 0 Å². The summed E-state index contributed by atoms with van der Waals surface area (Å²) in [7, 11) is 0. The van der Waals surface area contributed by atoms with Crippen molar-refractivity contribution in [1.82, 2.24) is 0 Å². The molecule has 3 rings (SSSR count). The van der Waals surface area contributed by atoms with E-state index in [1.165, 1.54) is 12.8 Å². The molecule has 1 heteroatoms. The van der Waals surface area contributed by atoms with Crippen LogP contribution >= 0.6 is 0 Å². The van der Waals surface area contributed by atoms with Crippen LogP contribution in [0.2, 0.25) is 0 Å². The van der Waals surface area contributed by atoms with E-state index in [4.69, 9.17) is 4.74 Å². The molecule has 1 heterocycles. The summed E-state index contributed by atoms with van der Waals surface area (Å²) in [6.45, 7) is 7.11. The molecule has 1 unspecified atom stereocenters. The zero-order valence-corrected chi connectivity index (χ0v) is 7.55. The highest BCUT2D eigenvalue weighted by Gasteiger charge is 2.70. The maximum atomic E-state index is 5.66. The minimum absolute atomic E-state index is 0.314. The Morgan fingerprint density at radius 3 is 2.55 bits per heavy atom. The standard InChI is InChI=1S/C10H16O/c1-9(2)6-4-8-10(3,11-8)5-7(6)9/h6-8H,4-5H2,1-3H3/t6-,7+,8?,10-/m0/s1. The quantitative estimate of drug-likeness (QED) is 0.485. The van der Waals surface area contributed by atoms with Gasteiger partial charge in [0.25, 0.3) is 0 Å². The number of epoxide rings is 1. The van der Waals surface area contributed by atoms with Gasteiger partial charge in [-0.2, -0.15) is 0 Å². The molecule has 1 nitrogen and oxygen atoms in total. The molecular formula is C10H16O. The van der Waals surface area contributed by atoms with Crippen molar-refractivity contribution in [2.45, 2.75) is 45.3 Å². The van der Waals surface area contributed by atoms with Crippen molar-refractivity contribution in [2.24, 2.45) is 17.3 Å². The summed E-state index contributed by atoms with van der Waals surface area (Å²) in [6, 6.07) is 0. The largest absolute Gasteiger partial charge is 0.366 e. The number of ether oxygens (including phenoxy) is 1. The second-order valence-corrected chi connectivity index (χ2v) is 5.39. The van der Waals surface area contributed by atoms with Crippen LogP contribution in [-0.2, 0) is 4.74 Å². The highest BCUT2D eigenvalue weighted by Crippen LogP contribution is 2.70. The van der Waals surface area contributed by atoms with Gasteiger partial charge in [-0.25, -0.2) is 0 Å². The van der Waals surface area contributed by atoms with Crippen LogP contribution in [-0.4, -0.2) is 11.7 Å². The van der Waals surface area contributed by atoms with E-state index >= 15 is 0 Å². The van der Waals surface area contributed by atoms with Gasteiger partial charge in [0.2, 0.25) is 0 Å². The predicted octanol–water partition coefficient (Wildman–Crippen LogP) is 2.21. The maximum Gasteiger partial charge on any atom is 0.0923 e. The predicted molar refractivity (Wildman–Crippen MR) is 43.3 cm³/mol. The molecule has 0 amide bonds. The minimum atomic E-state index is 0.314. The molecule has 1 saturated heterocycles. The van der Waals surface area contributed by atoms with E-state index < -0.39 is 0 Å². The smallest absolute Gasteiger partial charge is 0.0923 e. The van der Waals surface area contributed by atoms with Crippen LogP contribution in [0.3, 0.4) is 0 Å². The first-order chi connectivity index (χ1) is 5.04. The Kier molecular flexibility index (Phi) is 0.820. The average molecular weight is 152 g/mol. The minimum Gasteiger partial charge on any atom is -0.366 e. The van der Waals surface area contributed by atoms with E-state index in [0.29, 0.717) is 17.1 Å². The Morgan fingerprint density at radius 1 is 1.18 bits per heavy atom. The fourth-order valence-electron chi connectivity index (χ4n) is 3.17. The van der Waals surface area contributed by atoms with Crippen LogP contribution < -0.4 is 0 Å². The van der Waals surface area contributed by atoms with E-state index in [0.717, 1.165) is 11.8 Å². The molecule has 0 N–H and O–H groups in total. The van der Waals surface area contributed by atoms with Gasteiger partial charge >= 0.3 is 0 Å². The zero-order chi connectivity index (χ0) is 7.85. The third kappa shape index (κ3) is 0.618. The van der Waals surface area contributed by atoms with Crippen molar-refractivity contribution in [1.29, 1.82) is 0 Å². The van der Waals surface area contributed by atoms with Crippen molar-refractivity contribution in [3.05, 3.63) is 0 Å². The van der Waals surface area contributed by atoms with E-state index in [2.05, 4.69) is 20.8 Å². The summed E-state index contributed by atoms with van der Waals surface area (Å²) in [5.74, 6) is 1.97. The van der Waals surface area contributed by atoms with Gasteiger partial charge in [0, 0.05) is 0 Å². The lowest BCUT2D eigenvalue weighted by atomic mass is 9.91. The van der Waals surface area contributed by atoms with Crippen LogP contribution in [0.1, 0.15) is 33.6 Å². The van der Waals surface area contributed by atoms with Crippen molar-refractivity contribution in [3.63, 3.8) is 0 Å². The Balaban J connectivity index is 1.85. The molecule has 62 valence electrons. The Labute approximate surface area is 68.1 Å². The van der Waals surface area contributed by atoms with Crippen molar-refractivity contribution in [3.8, 4) is 0 Å². The monoisotopic (exact) mass is 152 g/mol. The molecular weight excluding hydrogens is 136 g/mol. The average Bonchev–Trinajstić information content (AvgIpc) is 2.68. The fourth-order valence-corrected chi connectivity index (χ4v) is 3.17. The van der Waals surface area contributed by atoms with Gasteiger partial charge in [-0.05, 0) is 37.0 Å². The summed E-state index contributed by atoms with van der Waals surface area (Å²) in [5, 5.41) is 0. The molecule has 2 aliphatic carbocycles. The molecule has 0 radical (unpaired) electrons. The summed E-state index contributed by atoms with van der Waals surface area (Å²) in [5.41, 5.74) is 0.967. The van der Waals surface area contributed by atoms with Gasteiger partial charge in [-0.3, -0.25) is 0 Å². The highest BCUT2D eigenvalue weighted by atomic mass is 16.6. The summed E-state index contributed by atoms with van der Waals surface area (Å²) < 4.78 is 5.66. The molecule has 3 aliphatic rings. The summed E-state index contributed by atoms with van der Waals surface area (Å²) >= 11 is 0. The Morgan fingerprint density at radius 2 is 1.91 bits per heavy atom. The zero-order valence-electron chi connectivity index (χ0n) is 7.55. The molecule has 0 spiro atoms. The normalized spacial score (nSPS) is 63.0. The number of rotatable bonds is 0. The Bertz CT molecular complexity index is 221. The van der Waals surface area contributed by atoms with Gasteiger partial charge < -0.3 is 4.74 Å². The summed E-state index contributed by atoms with van der Waals surface area (Å²) in [4.78, 5) is 0. The first-order valence-electron chi connectivity index (χ1n) is 4.72. The molecule has 0 bridgehead atoms. The van der Waals surface area contributed by atoms with Gasteiger partial charge in [-0.1, -0.05) is 13.8 Å². The summed E-state index contributed by atoms with van der Waals surface area (Å²) in [6.07, 6.45) is 3.30. The van der Waals surface area contributed by atoms with Crippen molar-refractivity contribution >= 4 is 0 Å². The van der Waals surface area contributed by atoms with E-state index in [1.54, 1.807) is 0 Å². The van der Waals surface area contributed by atoms with Gasteiger partial charge in [0.05, 0.1) is 11.7 Å². The molecule has 2 saturated carbocycles. The van der Waals surface area contributed by atoms with Crippen LogP contribution in [0.5, 0.6) is 0 Å². The second-order valence-electron chi connectivity index (χ2n) is 5.39. The third-order valence-corrected chi connectivity index (χ3v) is 4.42. The molecule has 1 aliphatic heterocycles. The molecule has 4 atom stereocenters. The molecule has 3 fully saturated rings. The van der Waals surface area contributed by atoms with Crippen LogP contribution in [0.15, 0.2) is 0 Å². The first-order valence-corrected chi connectivity index (χ1v) is 4.72. The van der Waals surface area contributed by atoms with Crippen LogP contribution in [0.25, 0.3) is 0 Å². The maximum absolute atomic E-state index is 5.66. The lowest BCUT2D eigenvalue weighted by molar-refractivity contribution is 0.282. The number of hydrogen-bond acceptors (Lipinski definition) is 1.